The van der Waals surface area contributed by atoms with Crippen molar-refractivity contribution >= 4 is 11.7 Å². The van der Waals surface area contributed by atoms with Gasteiger partial charge in [-0.1, -0.05) is 6.92 Å². The Labute approximate surface area is 126 Å². The number of carbonyl (C=O) groups excluding carboxylic acids is 1. The molecule has 1 amide bonds. The second kappa shape index (κ2) is 6.39. The Kier molecular flexibility index (Phi) is 4.77. The highest BCUT2D eigenvalue weighted by Crippen LogP contribution is 2.33. The zero-order valence-electron chi connectivity index (χ0n) is 13.1. The third-order valence-electron chi connectivity index (χ3n) is 4.31. The van der Waals surface area contributed by atoms with Crippen LogP contribution in [0.1, 0.15) is 43.1 Å². The summed E-state index contributed by atoms with van der Waals surface area (Å²) in [6.45, 7) is 2.86. The van der Waals surface area contributed by atoms with E-state index in [9.17, 15) is 4.79 Å². The third-order valence-corrected chi connectivity index (χ3v) is 4.31. The van der Waals surface area contributed by atoms with Crippen molar-refractivity contribution in [2.45, 2.75) is 38.1 Å². The molecule has 0 bridgehead atoms. The van der Waals surface area contributed by atoms with Gasteiger partial charge in [-0.2, -0.15) is 0 Å². The molecule has 0 unspecified atom stereocenters. The summed E-state index contributed by atoms with van der Waals surface area (Å²) in [7, 11) is 3.39. The second-order valence-electron chi connectivity index (χ2n) is 6.30. The molecule has 0 aliphatic heterocycles. The van der Waals surface area contributed by atoms with Gasteiger partial charge in [0.15, 0.2) is 5.69 Å². The molecule has 1 aliphatic rings. The summed E-state index contributed by atoms with van der Waals surface area (Å²) in [6, 6.07) is 3.51. The van der Waals surface area contributed by atoms with Crippen LogP contribution in [0.5, 0.6) is 0 Å². The zero-order chi connectivity index (χ0) is 15.5. The number of rotatable bonds is 4. The first-order chi connectivity index (χ1) is 9.96. The molecule has 0 aromatic carbocycles. The van der Waals surface area contributed by atoms with Crippen LogP contribution in [0.2, 0.25) is 0 Å². The van der Waals surface area contributed by atoms with Crippen LogP contribution in [0.15, 0.2) is 12.1 Å². The van der Waals surface area contributed by atoms with Gasteiger partial charge < -0.3 is 16.0 Å². The number of aromatic nitrogens is 2. The van der Waals surface area contributed by atoms with E-state index < -0.39 is 0 Å². The van der Waals surface area contributed by atoms with Crippen LogP contribution in [0.4, 0.5) is 5.82 Å². The minimum atomic E-state index is -0.144. The molecule has 1 aliphatic carbocycles. The molecule has 1 aromatic rings. The fourth-order valence-corrected chi connectivity index (χ4v) is 2.71. The highest BCUT2D eigenvalue weighted by molar-refractivity contribution is 5.91. The first-order valence-electron chi connectivity index (χ1n) is 7.49. The fraction of sp³-hybridized carbons (Fsp3) is 0.667. The van der Waals surface area contributed by atoms with Crippen LogP contribution >= 0.6 is 0 Å². The molecule has 1 saturated carbocycles. The lowest BCUT2D eigenvalue weighted by molar-refractivity contribution is 0.0821. The highest BCUT2D eigenvalue weighted by atomic mass is 16.2. The molecular weight excluding hydrogens is 266 g/mol. The Morgan fingerprint density at radius 1 is 1.38 bits per heavy atom. The first-order valence-corrected chi connectivity index (χ1v) is 7.49. The topological polar surface area (TPSA) is 84.1 Å². The maximum Gasteiger partial charge on any atom is 0.273 e. The monoisotopic (exact) mass is 291 g/mol. The highest BCUT2D eigenvalue weighted by Gasteiger charge is 2.33. The molecule has 1 fully saturated rings. The van der Waals surface area contributed by atoms with Gasteiger partial charge in [0.2, 0.25) is 0 Å². The number of hydrogen-bond donors (Lipinski definition) is 2. The molecule has 2 rings (SSSR count). The van der Waals surface area contributed by atoms with E-state index in [-0.39, 0.29) is 11.4 Å². The van der Waals surface area contributed by atoms with Crippen molar-refractivity contribution in [3.05, 3.63) is 17.8 Å². The fourth-order valence-electron chi connectivity index (χ4n) is 2.71. The molecule has 1 heterocycles. The molecule has 21 heavy (non-hydrogen) atoms. The van der Waals surface area contributed by atoms with Crippen molar-refractivity contribution in [3.63, 3.8) is 0 Å². The maximum absolute atomic E-state index is 11.8. The van der Waals surface area contributed by atoms with E-state index in [1.54, 1.807) is 26.2 Å². The summed E-state index contributed by atoms with van der Waals surface area (Å²) >= 11 is 0. The first kappa shape index (κ1) is 15.7. The van der Waals surface area contributed by atoms with Crippen LogP contribution in [0, 0.1) is 5.92 Å². The van der Waals surface area contributed by atoms with Gasteiger partial charge >= 0.3 is 0 Å². The summed E-state index contributed by atoms with van der Waals surface area (Å²) in [4.78, 5) is 13.3. The predicted molar refractivity (Wildman–Crippen MR) is 83.1 cm³/mol. The second-order valence-corrected chi connectivity index (χ2v) is 6.30. The number of nitrogens with zero attached hydrogens (tertiary/aromatic N) is 3. The van der Waals surface area contributed by atoms with Crippen molar-refractivity contribution in [1.82, 2.24) is 15.1 Å². The van der Waals surface area contributed by atoms with E-state index in [0.29, 0.717) is 18.1 Å². The standard InChI is InChI=1S/C15H25N5O/c1-11-6-8-15(10-16,9-7-11)17-13-5-4-12(18-19-13)14(21)20(2)3/h4-5,11H,6-10,16H2,1-3H3,(H,17,19). The number of nitrogens with one attached hydrogen (secondary N) is 1. The maximum atomic E-state index is 11.8. The molecule has 0 saturated heterocycles. The molecule has 0 radical (unpaired) electrons. The van der Waals surface area contributed by atoms with Crippen molar-refractivity contribution in [3.8, 4) is 0 Å². The quantitative estimate of drug-likeness (QED) is 0.878. The third kappa shape index (κ3) is 3.69. The van der Waals surface area contributed by atoms with Gasteiger partial charge in [0.05, 0.1) is 5.54 Å². The van der Waals surface area contributed by atoms with Gasteiger partial charge in [-0.25, -0.2) is 0 Å². The summed E-state index contributed by atoms with van der Waals surface area (Å²) < 4.78 is 0. The van der Waals surface area contributed by atoms with E-state index in [0.717, 1.165) is 18.8 Å². The van der Waals surface area contributed by atoms with Crippen molar-refractivity contribution in [2.75, 3.05) is 26.0 Å². The van der Waals surface area contributed by atoms with Crippen molar-refractivity contribution < 1.29 is 4.79 Å². The van der Waals surface area contributed by atoms with E-state index >= 15 is 0 Å². The van der Waals surface area contributed by atoms with Gasteiger partial charge in [-0.15, -0.1) is 10.2 Å². The van der Waals surface area contributed by atoms with E-state index in [4.69, 9.17) is 5.73 Å². The van der Waals surface area contributed by atoms with Gasteiger partial charge in [0.25, 0.3) is 5.91 Å². The number of carbonyl (C=O) groups is 1. The van der Waals surface area contributed by atoms with Crippen LogP contribution in [0.3, 0.4) is 0 Å². The number of amides is 1. The predicted octanol–water partition coefficient (Wildman–Crippen LogP) is 1.50. The largest absolute Gasteiger partial charge is 0.362 e. The summed E-state index contributed by atoms with van der Waals surface area (Å²) in [6.07, 6.45) is 4.44. The average molecular weight is 291 g/mol. The Morgan fingerprint density at radius 2 is 2.05 bits per heavy atom. The van der Waals surface area contributed by atoms with Gasteiger partial charge in [0.1, 0.15) is 5.82 Å². The smallest absolute Gasteiger partial charge is 0.273 e. The van der Waals surface area contributed by atoms with Crippen molar-refractivity contribution in [1.29, 1.82) is 0 Å². The minimum Gasteiger partial charge on any atom is -0.362 e. The number of anilines is 1. The molecule has 3 N–H and O–H groups in total. The van der Waals surface area contributed by atoms with Crippen LogP contribution < -0.4 is 11.1 Å². The lowest BCUT2D eigenvalue weighted by atomic mass is 9.77. The summed E-state index contributed by atoms with van der Waals surface area (Å²) in [5.74, 6) is 1.30. The summed E-state index contributed by atoms with van der Waals surface area (Å²) in [5, 5.41) is 11.6. The molecule has 6 nitrogen and oxygen atoms in total. The van der Waals surface area contributed by atoms with Crippen LogP contribution in [0.25, 0.3) is 0 Å². The van der Waals surface area contributed by atoms with Gasteiger partial charge in [-0.3, -0.25) is 4.79 Å². The normalized spacial score (nSPS) is 25.4. The van der Waals surface area contributed by atoms with Crippen LogP contribution in [-0.2, 0) is 0 Å². The molecule has 116 valence electrons. The molecular formula is C15H25N5O. The van der Waals surface area contributed by atoms with Gasteiger partial charge in [-0.05, 0) is 43.7 Å². The Morgan fingerprint density at radius 3 is 2.52 bits per heavy atom. The molecule has 6 heteroatoms. The van der Waals surface area contributed by atoms with E-state index in [1.165, 1.54) is 17.7 Å². The Hall–Kier alpha value is -1.69. The average Bonchev–Trinajstić information content (AvgIpc) is 2.50. The number of nitrogens with two attached hydrogens (primary N) is 1. The Bertz CT molecular complexity index is 477. The number of hydrogen-bond acceptors (Lipinski definition) is 5. The lowest BCUT2D eigenvalue weighted by Gasteiger charge is -2.39. The summed E-state index contributed by atoms with van der Waals surface area (Å²) in [5.41, 5.74) is 6.24. The van der Waals surface area contributed by atoms with E-state index in [2.05, 4.69) is 22.4 Å². The molecule has 0 spiro atoms. The Balaban J connectivity index is 2.07. The lowest BCUT2D eigenvalue weighted by Crippen LogP contribution is -2.48. The van der Waals surface area contributed by atoms with Crippen molar-refractivity contribution in [2.24, 2.45) is 11.7 Å². The molecule has 0 atom stereocenters. The minimum absolute atomic E-state index is 0.0890. The van der Waals surface area contributed by atoms with Crippen LogP contribution in [-0.4, -0.2) is 47.2 Å². The zero-order valence-corrected chi connectivity index (χ0v) is 13.1. The van der Waals surface area contributed by atoms with Gasteiger partial charge in [0, 0.05) is 20.6 Å². The SMILES string of the molecule is CC1CCC(CN)(Nc2ccc(C(=O)N(C)C)nn2)CC1. The molecule has 1 aromatic heterocycles. The van der Waals surface area contributed by atoms with E-state index in [1.807, 2.05) is 0 Å².